The monoisotopic (exact) mass is 446 g/mol. The molecule has 2 atom stereocenters. The van der Waals surface area contributed by atoms with Gasteiger partial charge in [-0.25, -0.2) is 9.50 Å². The Balaban J connectivity index is 1.38. The van der Waals surface area contributed by atoms with Gasteiger partial charge < -0.3 is 19.8 Å². The van der Waals surface area contributed by atoms with Crippen molar-refractivity contribution in [2.24, 2.45) is 0 Å². The molecule has 1 saturated heterocycles. The second-order valence-corrected chi connectivity index (χ2v) is 9.66. The Morgan fingerprint density at radius 1 is 1.18 bits per heavy atom. The van der Waals surface area contributed by atoms with Crippen molar-refractivity contribution in [3.05, 3.63) is 42.1 Å². The van der Waals surface area contributed by atoms with E-state index in [-0.39, 0.29) is 0 Å². The number of aromatic nitrogens is 5. The maximum atomic E-state index is 5.60. The predicted molar refractivity (Wildman–Crippen MR) is 127 cm³/mol. The molecule has 1 saturated carbocycles. The van der Waals surface area contributed by atoms with Crippen molar-refractivity contribution in [3.63, 3.8) is 0 Å². The van der Waals surface area contributed by atoms with E-state index in [1.807, 2.05) is 18.5 Å². The van der Waals surface area contributed by atoms with Gasteiger partial charge in [-0.1, -0.05) is 13.8 Å². The van der Waals surface area contributed by atoms with Gasteiger partial charge in [0.05, 0.1) is 43.8 Å². The number of nitrogens with one attached hydrogen (secondary N) is 2. The third kappa shape index (κ3) is 3.57. The second-order valence-electron chi connectivity index (χ2n) is 9.66. The molecule has 8 heteroatoms. The van der Waals surface area contributed by atoms with E-state index in [4.69, 9.17) is 14.5 Å². The van der Waals surface area contributed by atoms with Gasteiger partial charge in [-0.05, 0) is 42.9 Å². The third-order valence-corrected chi connectivity index (χ3v) is 7.13. The molecule has 4 aromatic heterocycles. The van der Waals surface area contributed by atoms with Crippen molar-refractivity contribution in [1.82, 2.24) is 29.9 Å². The SMILES string of the molecule is COc1cc(-c2[nH]c3cnc(C4CCC(NC5COC5)C4)cc3c2C(C)C)cn2ncnc12. The second kappa shape index (κ2) is 8.11. The van der Waals surface area contributed by atoms with Crippen LogP contribution in [0, 0.1) is 0 Å². The average Bonchev–Trinajstić information content (AvgIpc) is 3.52. The van der Waals surface area contributed by atoms with Crippen LogP contribution in [-0.2, 0) is 4.74 Å². The Hall–Kier alpha value is -2.97. The molecule has 0 bridgehead atoms. The van der Waals surface area contributed by atoms with Crippen LogP contribution >= 0.6 is 0 Å². The van der Waals surface area contributed by atoms with Crippen LogP contribution in [0.5, 0.6) is 5.75 Å². The van der Waals surface area contributed by atoms with Gasteiger partial charge in [0.15, 0.2) is 11.4 Å². The van der Waals surface area contributed by atoms with Crippen LogP contribution in [-0.4, -0.2) is 57.0 Å². The summed E-state index contributed by atoms with van der Waals surface area (Å²) in [5, 5.41) is 9.33. The van der Waals surface area contributed by atoms with E-state index in [9.17, 15) is 0 Å². The summed E-state index contributed by atoms with van der Waals surface area (Å²) in [6.45, 7) is 6.18. The molecule has 6 rings (SSSR count). The standard InChI is InChI=1S/C25H30N6O2/c1-14(2)23-19-8-20(15-4-5-17(6-15)29-18-11-33-12-18)26-9-21(19)30-24(23)16-7-22(32-3)25-27-13-28-31(25)10-16/h7-10,13-15,17-18,29-30H,4-6,11-12H2,1-3H3. The van der Waals surface area contributed by atoms with Crippen LogP contribution in [0.25, 0.3) is 27.8 Å². The molecule has 1 aliphatic heterocycles. The molecule has 4 aromatic rings. The predicted octanol–water partition coefficient (Wildman–Crippen LogP) is 4.03. The highest BCUT2D eigenvalue weighted by Gasteiger charge is 2.31. The number of ether oxygens (including phenoxy) is 2. The number of H-pyrrole nitrogens is 1. The fraction of sp³-hybridized carbons (Fsp3) is 0.480. The number of aromatic amines is 1. The van der Waals surface area contributed by atoms with E-state index in [1.54, 1.807) is 18.0 Å². The number of hydrogen-bond acceptors (Lipinski definition) is 6. The highest BCUT2D eigenvalue weighted by atomic mass is 16.5. The zero-order valence-electron chi connectivity index (χ0n) is 19.3. The van der Waals surface area contributed by atoms with Gasteiger partial charge in [-0.2, -0.15) is 5.10 Å². The summed E-state index contributed by atoms with van der Waals surface area (Å²) in [4.78, 5) is 12.8. The molecule has 33 heavy (non-hydrogen) atoms. The van der Waals surface area contributed by atoms with Crippen molar-refractivity contribution in [3.8, 4) is 17.0 Å². The minimum atomic E-state index is 0.345. The number of rotatable bonds is 6. The fourth-order valence-corrected chi connectivity index (χ4v) is 5.43. The first kappa shape index (κ1) is 20.6. The van der Waals surface area contributed by atoms with Gasteiger partial charge >= 0.3 is 0 Å². The van der Waals surface area contributed by atoms with Gasteiger partial charge in [-0.15, -0.1) is 0 Å². The van der Waals surface area contributed by atoms with Gasteiger partial charge in [0.1, 0.15) is 6.33 Å². The summed E-state index contributed by atoms with van der Waals surface area (Å²) >= 11 is 0. The lowest BCUT2D eigenvalue weighted by Gasteiger charge is -2.30. The van der Waals surface area contributed by atoms with E-state index in [0.717, 1.165) is 36.4 Å². The molecular weight excluding hydrogens is 416 g/mol. The minimum absolute atomic E-state index is 0.345. The molecule has 2 aliphatic rings. The highest BCUT2D eigenvalue weighted by molar-refractivity contribution is 5.91. The molecule has 0 spiro atoms. The molecule has 2 fully saturated rings. The maximum absolute atomic E-state index is 5.60. The van der Waals surface area contributed by atoms with E-state index in [2.05, 4.69) is 40.3 Å². The van der Waals surface area contributed by atoms with Crippen LogP contribution in [0.1, 0.15) is 56.2 Å². The van der Waals surface area contributed by atoms with Crippen molar-refractivity contribution in [2.45, 2.75) is 57.0 Å². The first-order chi connectivity index (χ1) is 16.1. The number of pyridine rings is 2. The zero-order valence-corrected chi connectivity index (χ0v) is 19.3. The Labute approximate surface area is 192 Å². The number of methoxy groups -OCH3 is 1. The summed E-state index contributed by atoms with van der Waals surface area (Å²) in [5.74, 6) is 1.55. The molecule has 1 aliphatic carbocycles. The molecule has 172 valence electrons. The Morgan fingerprint density at radius 3 is 2.82 bits per heavy atom. The third-order valence-electron chi connectivity index (χ3n) is 7.13. The normalized spacial score (nSPS) is 21.3. The average molecular weight is 447 g/mol. The van der Waals surface area contributed by atoms with Crippen molar-refractivity contribution in [1.29, 1.82) is 0 Å². The van der Waals surface area contributed by atoms with Crippen LogP contribution in [0.3, 0.4) is 0 Å². The van der Waals surface area contributed by atoms with Gasteiger partial charge in [0.25, 0.3) is 0 Å². The zero-order chi connectivity index (χ0) is 22.5. The highest BCUT2D eigenvalue weighted by Crippen LogP contribution is 2.40. The summed E-state index contributed by atoms with van der Waals surface area (Å²) in [6.07, 6.45) is 9.09. The van der Waals surface area contributed by atoms with Gasteiger partial charge in [0.2, 0.25) is 0 Å². The van der Waals surface area contributed by atoms with Crippen molar-refractivity contribution in [2.75, 3.05) is 20.3 Å². The lowest BCUT2D eigenvalue weighted by Crippen LogP contribution is -2.49. The molecule has 0 aromatic carbocycles. The fourth-order valence-electron chi connectivity index (χ4n) is 5.43. The van der Waals surface area contributed by atoms with E-state index in [1.165, 1.54) is 29.5 Å². The molecule has 5 heterocycles. The summed E-state index contributed by atoms with van der Waals surface area (Å²) in [7, 11) is 1.67. The molecule has 2 unspecified atom stereocenters. The minimum Gasteiger partial charge on any atom is -0.493 e. The van der Waals surface area contributed by atoms with Crippen LogP contribution in [0.4, 0.5) is 0 Å². The lowest BCUT2D eigenvalue weighted by molar-refractivity contribution is -0.00970. The molecule has 8 nitrogen and oxygen atoms in total. The lowest BCUT2D eigenvalue weighted by atomic mass is 9.95. The molecular formula is C25H30N6O2. The van der Waals surface area contributed by atoms with Crippen LogP contribution in [0.15, 0.2) is 30.9 Å². The van der Waals surface area contributed by atoms with Crippen molar-refractivity contribution >= 4 is 16.6 Å². The largest absolute Gasteiger partial charge is 0.493 e. The maximum Gasteiger partial charge on any atom is 0.197 e. The van der Waals surface area contributed by atoms with Crippen LogP contribution < -0.4 is 10.1 Å². The first-order valence-electron chi connectivity index (χ1n) is 11.8. The Morgan fingerprint density at radius 2 is 2.06 bits per heavy atom. The number of hydrogen-bond donors (Lipinski definition) is 2. The topological polar surface area (TPSA) is 89.4 Å². The first-order valence-corrected chi connectivity index (χ1v) is 11.8. The smallest absolute Gasteiger partial charge is 0.197 e. The van der Waals surface area contributed by atoms with E-state index < -0.39 is 0 Å². The van der Waals surface area contributed by atoms with Gasteiger partial charge in [-0.3, -0.25) is 4.98 Å². The summed E-state index contributed by atoms with van der Waals surface area (Å²) < 4.78 is 12.7. The summed E-state index contributed by atoms with van der Waals surface area (Å²) in [6, 6.07) is 5.44. The van der Waals surface area contributed by atoms with Crippen molar-refractivity contribution < 1.29 is 9.47 Å². The quantitative estimate of drug-likeness (QED) is 0.465. The number of nitrogens with zero attached hydrogens (tertiary/aromatic N) is 4. The van der Waals surface area contributed by atoms with Crippen LogP contribution in [0.2, 0.25) is 0 Å². The molecule has 0 amide bonds. The molecule has 2 N–H and O–H groups in total. The molecule has 0 radical (unpaired) electrons. The summed E-state index contributed by atoms with van der Waals surface area (Å²) in [5.41, 5.74) is 6.40. The Kier molecular flexibility index (Phi) is 5.07. The number of fused-ring (bicyclic) bond motifs is 2. The van der Waals surface area contributed by atoms with Gasteiger partial charge in [0, 0.05) is 34.8 Å². The van der Waals surface area contributed by atoms with E-state index in [0.29, 0.717) is 35.3 Å². The Bertz CT molecular complexity index is 1310. The van der Waals surface area contributed by atoms with E-state index >= 15 is 0 Å².